The molecule has 0 aromatic carbocycles. The Hall–Kier alpha value is -0.420. The topological polar surface area (TPSA) is 49.8 Å². The summed E-state index contributed by atoms with van der Waals surface area (Å²) in [5.74, 6) is 1.10. The summed E-state index contributed by atoms with van der Waals surface area (Å²) in [6.07, 6.45) is 3.16. The lowest BCUT2D eigenvalue weighted by Crippen LogP contribution is -2.43. The second-order valence-corrected chi connectivity index (χ2v) is 4.93. The summed E-state index contributed by atoms with van der Waals surface area (Å²) in [6.45, 7) is 0.342. The first-order chi connectivity index (χ1) is 6.83. The van der Waals surface area contributed by atoms with Gasteiger partial charge in [-0.05, 0) is 25.0 Å². The molecule has 5 heteroatoms. The SMILES string of the molecule is O=C1OCC(CO)N1C1CCCCS1. The average Bonchev–Trinajstić information content (AvgIpc) is 2.61. The Balaban J connectivity index is 2.01. The number of thioether (sulfide) groups is 1. The van der Waals surface area contributed by atoms with E-state index in [0.717, 1.165) is 12.2 Å². The molecule has 2 rings (SSSR count). The standard InChI is InChI=1S/C9H15NO3S/c11-5-7-6-13-9(12)10(7)8-3-1-2-4-14-8/h7-8,11H,1-6H2. The van der Waals surface area contributed by atoms with Crippen LogP contribution in [-0.2, 0) is 4.74 Å². The summed E-state index contributed by atoms with van der Waals surface area (Å²) >= 11 is 1.80. The third kappa shape index (κ3) is 1.83. The second kappa shape index (κ2) is 4.40. The van der Waals surface area contributed by atoms with Crippen molar-refractivity contribution in [1.82, 2.24) is 4.90 Å². The Bertz CT molecular complexity index is 218. The van der Waals surface area contributed by atoms with Gasteiger partial charge >= 0.3 is 6.09 Å². The maximum Gasteiger partial charge on any atom is 0.411 e. The van der Waals surface area contributed by atoms with E-state index in [4.69, 9.17) is 9.84 Å². The summed E-state index contributed by atoms with van der Waals surface area (Å²) in [5, 5.41) is 9.32. The first-order valence-corrected chi connectivity index (χ1v) is 6.05. The van der Waals surface area contributed by atoms with E-state index in [1.165, 1.54) is 12.8 Å². The van der Waals surface area contributed by atoms with Crippen LogP contribution in [0.2, 0.25) is 0 Å². The van der Waals surface area contributed by atoms with Crippen LogP contribution in [0.3, 0.4) is 0 Å². The maximum absolute atomic E-state index is 11.4. The van der Waals surface area contributed by atoms with E-state index in [2.05, 4.69) is 0 Å². The highest BCUT2D eigenvalue weighted by Crippen LogP contribution is 2.31. The molecule has 0 aromatic rings. The van der Waals surface area contributed by atoms with Gasteiger partial charge in [-0.15, -0.1) is 11.8 Å². The third-order valence-electron chi connectivity index (χ3n) is 2.68. The van der Waals surface area contributed by atoms with Crippen LogP contribution in [-0.4, -0.2) is 46.5 Å². The summed E-state index contributed by atoms with van der Waals surface area (Å²) in [5.41, 5.74) is 0. The van der Waals surface area contributed by atoms with Gasteiger partial charge in [-0.1, -0.05) is 0 Å². The predicted molar refractivity (Wildman–Crippen MR) is 54.2 cm³/mol. The number of aliphatic hydroxyl groups excluding tert-OH is 1. The summed E-state index contributed by atoms with van der Waals surface area (Å²) < 4.78 is 4.94. The van der Waals surface area contributed by atoms with E-state index < -0.39 is 0 Å². The smallest absolute Gasteiger partial charge is 0.411 e. The zero-order chi connectivity index (χ0) is 9.97. The normalized spacial score (nSPS) is 33.2. The first-order valence-electron chi connectivity index (χ1n) is 5.00. The lowest BCUT2D eigenvalue weighted by atomic mass is 10.2. The van der Waals surface area contributed by atoms with Crippen molar-refractivity contribution < 1.29 is 14.6 Å². The molecule has 2 aliphatic rings. The number of hydrogen-bond acceptors (Lipinski definition) is 4. The largest absolute Gasteiger partial charge is 0.447 e. The van der Waals surface area contributed by atoms with Crippen LogP contribution in [0.15, 0.2) is 0 Å². The summed E-state index contributed by atoms with van der Waals surface area (Å²) in [6, 6.07) is -0.127. The maximum atomic E-state index is 11.4. The number of rotatable bonds is 2. The Morgan fingerprint density at radius 1 is 1.57 bits per heavy atom. The van der Waals surface area contributed by atoms with Crippen molar-refractivity contribution in [2.75, 3.05) is 19.0 Å². The molecule has 0 saturated carbocycles. The van der Waals surface area contributed by atoms with Crippen LogP contribution in [0.4, 0.5) is 4.79 Å². The fourth-order valence-corrected chi connectivity index (χ4v) is 3.30. The Morgan fingerprint density at radius 2 is 2.43 bits per heavy atom. The molecule has 1 amide bonds. The van der Waals surface area contributed by atoms with Gasteiger partial charge in [0, 0.05) is 0 Å². The summed E-state index contributed by atoms with van der Waals surface area (Å²) in [4.78, 5) is 13.1. The number of aliphatic hydroxyl groups is 1. The highest BCUT2D eigenvalue weighted by atomic mass is 32.2. The van der Waals surface area contributed by atoms with Crippen molar-refractivity contribution in [2.45, 2.75) is 30.7 Å². The quantitative estimate of drug-likeness (QED) is 0.751. The van der Waals surface area contributed by atoms with Gasteiger partial charge in [0.25, 0.3) is 0 Å². The number of amides is 1. The number of ether oxygens (including phenoxy) is 1. The molecular weight excluding hydrogens is 202 g/mol. The van der Waals surface area contributed by atoms with E-state index in [1.54, 1.807) is 16.7 Å². The third-order valence-corrected chi connectivity index (χ3v) is 4.05. The van der Waals surface area contributed by atoms with Gasteiger partial charge in [-0.25, -0.2) is 4.79 Å². The molecule has 0 aromatic heterocycles. The monoisotopic (exact) mass is 217 g/mol. The van der Waals surface area contributed by atoms with Gasteiger partial charge < -0.3 is 9.84 Å². The fourth-order valence-electron chi connectivity index (χ4n) is 1.91. The molecule has 0 spiro atoms. The highest BCUT2D eigenvalue weighted by molar-refractivity contribution is 7.99. The molecule has 0 radical (unpaired) electrons. The minimum absolute atomic E-state index is 0.00278. The second-order valence-electron chi connectivity index (χ2n) is 3.64. The molecule has 2 saturated heterocycles. The van der Waals surface area contributed by atoms with Crippen molar-refractivity contribution >= 4 is 17.9 Å². The van der Waals surface area contributed by atoms with Gasteiger partial charge in [-0.2, -0.15) is 0 Å². The molecule has 2 aliphatic heterocycles. The number of cyclic esters (lactones) is 1. The lowest BCUT2D eigenvalue weighted by Gasteiger charge is -2.31. The van der Waals surface area contributed by atoms with Crippen LogP contribution < -0.4 is 0 Å². The number of carbonyl (C=O) groups is 1. The average molecular weight is 217 g/mol. The van der Waals surface area contributed by atoms with Crippen LogP contribution in [0.25, 0.3) is 0 Å². The molecule has 2 unspecified atom stereocenters. The summed E-state index contributed by atoms with van der Waals surface area (Å²) in [7, 11) is 0. The Kier molecular flexibility index (Phi) is 3.18. The van der Waals surface area contributed by atoms with Crippen molar-refractivity contribution in [3.63, 3.8) is 0 Å². The minimum Gasteiger partial charge on any atom is -0.447 e. The van der Waals surface area contributed by atoms with Gasteiger partial charge in [0.15, 0.2) is 0 Å². The zero-order valence-corrected chi connectivity index (χ0v) is 8.83. The van der Waals surface area contributed by atoms with Gasteiger partial charge in [0.05, 0.1) is 18.0 Å². The molecule has 0 bridgehead atoms. The predicted octanol–water partition coefficient (Wildman–Crippen LogP) is 1.04. The first kappa shape index (κ1) is 10.1. The molecule has 2 atom stereocenters. The molecule has 0 aliphatic carbocycles. The van der Waals surface area contributed by atoms with E-state index in [1.807, 2.05) is 0 Å². The lowest BCUT2D eigenvalue weighted by molar-refractivity contribution is 0.146. The molecule has 1 N–H and O–H groups in total. The molecule has 80 valence electrons. The van der Waals surface area contributed by atoms with E-state index >= 15 is 0 Å². The highest BCUT2D eigenvalue weighted by Gasteiger charge is 2.38. The van der Waals surface area contributed by atoms with Crippen LogP contribution in [0, 0.1) is 0 Å². The zero-order valence-electron chi connectivity index (χ0n) is 8.02. The molecular formula is C9H15NO3S. The van der Waals surface area contributed by atoms with E-state index in [-0.39, 0.29) is 24.1 Å². The fraction of sp³-hybridized carbons (Fsp3) is 0.889. The van der Waals surface area contributed by atoms with Crippen molar-refractivity contribution in [2.24, 2.45) is 0 Å². The number of carbonyl (C=O) groups excluding carboxylic acids is 1. The number of nitrogens with zero attached hydrogens (tertiary/aromatic N) is 1. The van der Waals surface area contributed by atoms with Gasteiger partial charge in [-0.3, -0.25) is 4.90 Å². The molecule has 2 fully saturated rings. The molecule has 2 heterocycles. The van der Waals surface area contributed by atoms with Crippen molar-refractivity contribution in [1.29, 1.82) is 0 Å². The van der Waals surface area contributed by atoms with Gasteiger partial charge in [0.1, 0.15) is 6.61 Å². The van der Waals surface area contributed by atoms with Crippen LogP contribution >= 0.6 is 11.8 Å². The van der Waals surface area contributed by atoms with Crippen molar-refractivity contribution in [3.05, 3.63) is 0 Å². The Morgan fingerprint density at radius 3 is 3.07 bits per heavy atom. The van der Waals surface area contributed by atoms with Gasteiger partial charge in [0.2, 0.25) is 0 Å². The Labute approximate surface area is 87.6 Å². The number of hydrogen-bond donors (Lipinski definition) is 1. The van der Waals surface area contributed by atoms with Crippen molar-refractivity contribution in [3.8, 4) is 0 Å². The van der Waals surface area contributed by atoms with Crippen LogP contribution in [0.1, 0.15) is 19.3 Å². The van der Waals surface area contributed by atoms with Crippen LogP contribution in [0.5, 0.6) is 0 Å². The minimum atomic E-state index is -0.261. The molecule has 4 nitrogen and oxygen atoms in total. The van der Waals surface area contributed by atoms with E-state index in [9.17, 15) is 4.79 Å². The van der Waals surface area contributed by atoms with E-state index in [0.29, 0.717) is 6.61 Å². The molecule has 14 heavy (non-hydrogen) atoms.